The Hall–Kier alpha value is -2.67. The summed E-state index contributed by atoms with van der Waals surface area (Å²) in [6.45, 7) is 1.33. The van der Waals surface area contributed by atoms with Gasteiger partial charge in [0.05, 0.1) is 0 Å². The van der Waals surface area contributed by atoms with E-state index in [4.69, 9.17) is 4.74 Å². The van der Waals surface area contributed by atoms with Gasteiger partial charge in [-0.1, -0.05) is 28.1 Å². The molecule has 0 aliphatic heterocycles. The number of amides is 2. The number of hydrogen-bond donors (Lipinski definition) is 2. The summed E-state index contributed by atoms with van der Waals surface area (Å²) in [5.41, 5.74) is 6.08. The van der Waals surface area contributed by atoms with E-state index in [1.807, 2.05) is 12.1 Å². The van der Waals surface area contributed by atoms with Gasteiger partial charge in [-0.05, 0) is 55.3 Å². The van der Waals surface area contributed by atoms with E-state index in [0.29, 0.717) is 24.2 Å². The Morgan fingerprint density at radius 3 is 2.23 bits per heavy atom. The van der Waals surface area contributed by atoms with Crippen molar-refractivity contribution < 1.29 is 19.1 Å². The molecule has 26 heavy (non-hydrogen) atoms. The molecule has 2 N–H and O–H groups in total. The van der Waals surface area contributed by atoms with Crippen LogP contribution in [0.1, 0.15) is 29.3 Å². The fourth-order valence-corrected chi connectivity index (χ4v) is 2.32. The molecule has 0 heterocycles. The fraction of sp³-hybridized carbons (Fsp3) is 0.211. The molecule has 0 aromatic heterocycles. The standard InChI is InChI=1S/C19H19BrN2O4/c1-13(23)2-3-14-4-10-17(11-5-14)26-12-18(24)21-22-19(25)15-6-8-16(20)9-7-15/h4-11H,2-3,12H2,1H3,(H,21,24)(H,22,25). The summed E-state index contributed by atoms with van der Waals surface area (Å²) >= 11 is 3.29. The summed E-state index contributed by atoms with van der Waals surface area (Å²) in [5.74, 6) is -0.213. The van der Waals surface area contributed by atoms with Gasteiger partial charge in [-0.25, -0.2) is 0 Å². The van der Waals surface area contributed by atoms with Gasteiger partial charge >= 0.3 is 0 Å². The Kier molecular flexibility index (Phi) is 7.35. The molecular formula is C19H19BrN2O4. The van der Waals surface area contributed by atoms with Crippen LogP contribution >= 0.6 is 15.9 Å². The maximum absolute atomic E-state index is 11.9. The number of ketones is 1. The summed E-state index contributed by atoms with van der Waals surface area (Å²) in [4.78, 5) is 34.6. The van der Waals surface area contributed by atoms with Crippen LogP contribution in [0.15, 0.2) is 53.0 Å². The molecule has 0 aliphatic rings. The Morgan fingerprint density at radius 1 is 0.962 bits per heavy atom. The number of aryl methyl sites for hydroxylation is 1. The molecule has 0 atom stereocenters. The summed E-state index contributed by atoms with van der Waals surface area (Å²) in [6.07, 6.45) is 1.18. The summed E-state index contributed by atoms with van der Waals surface area (Å²) in [7, 11) is 0. The van der Waals surface area contributed by atoms with Crippen molar-refractivity contribution in [1.82, 2.24) is 10.9 Å². The van der Waals surface area contributed by atoms with Crippen molar-refractivity contribution >= 4 is 33.5 Å². The molecule has 2 rings (SSSR count). The zero-order valence-corrected chi connectivity index (χ0v) is 15.8. The minimum Gasteiger partial charge on any atom is -0.484 e. The lowest BCUT2D eigenvalue weighted by molar-refractivity contribution is -0.123. The first-order valence-corrected chi connectivity index (χ1v) is 8.79. The molecule has 0 saturated carbocycles. The van der Waals surface area contributed by atoms with Gasteiger partial charge in [0.15, 0.2) is 6.61 Å². The SMILES string of the molecule is CC(=O)CCc1ccc(OCC(=O)NNC(=O)c2ccc(Br)cc2)cc1. The van der Waals surface area contributed by atoms with Gasteiger partial charge in [-0.2, -0.15) is 0 Å². The van der Waals surface area contributed by atoms with Crippen molar-refractivity contribution in [3.8, 4) is 5.75 Å². The van der Waals surface area contributed by atoms with Crippen molar-refractivity contribution in [3.63, 3.8) is 0 Å². The minimum absolute atomic E-state index is 0.146. The van der Waals surface area contributed by atoms with Gasteiger partial charge in [-0.15, -0.1) is 0 Å². The van der Waals surface area contributed by atoms with Crippen LogP contribution in [0.2, 0.25) is 0 Å². The minimum atomic E-state index is -0.476. The number of benzene rings is 2. The molecule has 2 aromatic carbocycles. The van der Waals surface area contributed by atoms with E-state index < -0.39 is 11.8 Å². The third-order valence-corrected chi connectivity index (χ3v) is 4.01. The summed E-state index contributed by atoms with van der Waals surface area (Å²) in [5, 5.41) is 0. The van der Waals surface area contributed by atoms with Gasteiger partial charge in [0, 0.05) is 16.5 Å². The number of hydrogen-bond acceptors (Lipinski definition) is 4. The predicted octanol–water partition coefficient (Wildman–Crippen LogP) is 2.81. The predicted molar refractivity (Wildman–Crippen MR) is 101 cm³/mol. The van der Waals surface area contributed by atoms with Crippen molar-refractivity contribution in [2.75, 3.05) is 6.61 Å². The van der Waals surface area contributed by atoms with Gasteiger partial charge in [0.2, 0.25) is 0 Å². The third-order valence-electron chi connectivity index (χ3n) is 3.48. The van der Waals surface area contributed by atoms with Crippen LogP contribution in [0.25, 0.3) is 0 Å². The smallest absolute Gasteiger partial charge is 0.276 e. The third kappa shape index (κ3) is 6.68. The average molecular weight is 419 g/mol. The maximum atomic E-state index is 11.9. The normalized spacial score (nSPS) is 10.1. The van der Waals surface area contributed by atoms with Crippen LogP contribution in [0.3, 0.4) is 0 Å². The lowest BCUT2D eigenvalue weighted by Gasteiger charge is -2.09. The van der Waals surface area contributed by atoms with Crippen molar-refractivity contribution in [3.05, 3.63) is 64.1 Å². The van der Waals surface area contributed by atoms with Crippen LogP contribution in [0.5, 0.6) is 5.75 Å². The number of halogens is 1. The van der Waals surface area contributed by atoms with E-state index in [1.54, 1.807) is 43.3 Å². The topological polar surface area (TPSA) is 84.5 Å². The quantitative estimate of drug-likeness (QED) is 0.677. The Morgan fingerprint density at radius 2 is 1.62 bits per heavy atom. The number of hydrazine groups is 1. The molecule has 6 nitrogen and oxygen atoms in total. The second-order valence-corrected chi connectivity index (χ2v) is 6.56. The van der Waals surface area contributed by atoms with Crippen molar-refractivity contribution in [2.45, 2.75) is 19.8 Å². The first kappa shape index (κ1) is 19.7. The molecule has 2 amide bonds. The molecule has 136 valence electrons. The number of nitrogens with one attached hydrogen (secondary N) is 2. The van der Waals surface area contributed by atoms with Gasteiger partial charge in [-0.3, -0.25) is 20.4 Å². The highest BCUT2D eigenvalue weighted by atomic mass is 79.9. The second kappa shape index (κ2) is 9.72. The second-order valence-electron chi connectivity index (χ2n) is 5.64. The molecule has 0 radical (unpaired) electrons. The molecule has 0 fully saturated rings. The zero-order chi connectivity index (χ0) is 18.9. The fourth-order valence-electron chi connectivity index (χ4n) is 2.06. The molecule has 0 saturated heterocycles. The van der Waals surface area contributed by atoms with Crippen molar-refractivity contribution in [2.24, 2.45) is 0 Å². The maximum Gasteiger partial charge on any atom is 0.276 e. The summed E-state index contributed by atoms with van der Waals surface area (Å²) in [6, 6.07) is 13.9. The Labute approximate surface area is 160 Å². The van der Waals surface area contributed by atoms with Crippen LogP contribution < -0.4 is 15.6 Å². The molecule has 0 unspecified atom stereocenters. The van der Waals surface area contributed by atoms with Crippen molar-refractivity contribution in [1.29, 1.82) is 0 Å². The molecule has 0 bridgehead atoms. The lowest BCUT2D eigenvalue weighted by Crippen LogP contribution is -2.43. The zero-order valence-electron chi connectivity index (χ0n) is 14.3. The van der Waals surface area contributed by atoms with E-state index in [2.05, 4.69) is 26.8 Å². The first-order chi connectivity index (χ1) is 12.4. The summed E-state index contributed by atoms with van der Waals surface area (Å²) < 4.78 is 6.23. The number of ether oxygens (including phenoxy) is 1. The molecular weight excluding hydrogens is 400 g/mol. The van der Waals surface area contributed by atoms with E-state index in [9.17, 15) is 14.4 Å². The van der Waals surface area contributed by atoms with Gasteiger partial charge < -0.3 is 9.53 Å². The lowest BCUT2D eigenvalue weighted by atomic mass is 10.1. The molecule has 0 aliphatic carbocycles. The number of Topliss-reactive ketones (excluding diaryl/α,β-unsaturated/α-hetero) is 1. The Balaban J connectivity index is 1.73. The van der Waals surface area contributed by atoms with Gasteiger partial charge in [0.1, 0.15) is 11.5 Å². The largest absolute Gasteiger partial charge is 0.484 e. The molecule has 0 spiro atoms. The van der Waals surface area contributed by atoms with E-state index in [1.165, 1.54) is 0 Å². The van der Waals surface area contributed by atoms with E-state index >= 15 is 0 Å². The number of rotatable bonds is 7. The van der Waals surface area contributed by atoms with Gasteiger partial charge in [0.25, 0.3) is 11.8 Å². The molecule has 2 aromatic rings. The van der Waals surface area contributed by atoms with Crippen LogP contribution in [0.4, 0.5) is 0 Å². The van der Waals surface area contributed by atoms with Crippen LogP contribution in [0, 0.1) is 0 Å². The first-order valence-electron chi connectivity index (χ1n) is 8.00. The van der Waals surface area contributed by atoms with E-state index in [0.717, 1.165) is 10.0 Å². The molecule has 7 heteroatoms. The van der Waals surface area contributed by atoms with Crippen LogP contribution in [-0.2, 0) is 16.0 Å². The number of carbonyl (C=O) groups is 3. The number of carbonyl (C=O) groups excluding carboxylic acids is 3. The Bertz CT molecular complexity index is 773. The average Bonchev–Trinajstić information content (AvgIpc) is 2.64. The van der Waals surface area contributed by atoms with Crippen LogP contribution in [-0.4, -0.2) is 24.2 Å². The van der Waals surface area contributed by atoms with E-state index in [-0.39, 0.29) is 12.4 Å². The highest BCUT2D eigenvalue weighted by Gasteiger charge is 2.08. The highest BCUT2D eigenvalue weighted by Crippen LogP contribution is 2.13. The monoisotopic (exact) mass is 418 g/mol. The highest BCUT2D eigenvalue weighted by molar-refractivity contribution is 9.10.